The van der Waals surface area contributed by atoms with Crippen LogP contribution < -0.4 is 0 Å². The number of hydrogen-bond acceptors (Lipinski definition) is 2. The van der Waals surface area contributed by atoms with Crippen molar-refractivity contribution in [1.82, 2.24) is 0 Å². The largest absolute Gasteiger partial charge is 0.481 e. The minimum absolute atomic E-state index is 0.302. The highest BCUT2D eigenvalue weighted by Gasteiger charge is 2.43. The molecule has 0 aliphatic heterocycles. The highest BCUT2D eigenvalue weighted by molar-refractivity contribution is 5.70. The molecule has 0 aromatic heterocycles. The van der Waals surface area contributed by atoms with Crippen LogP contribution >= 0.6 is 0 Å². The Bertz CT molecular complexity index is 226. The van der Waals surface area contributed by atoms with Gasteiger partial charge in [-0.05, 0) is 31.6 Å². The molecule has 2 rings (SSSR count). The first-order valence-electron chi connectivity index (χ1n) is 5.04. The molecule has 0 spiro atoms. The Labute approximate surface area is 77.8 Å². The van der Waals surface area contributed by atoms with Gasteiger partial charge in [-0.25, -0.2) is 0 Å². The maximum Gasteiger partial charge on any atom is 0.306 e. The second-order valence-corrected chi connectivity index (χ2v) is 4.66. The van der Waals surface area contributed by atoms with E-state index >= 15 is 0 Å². The summed E-state index contributed by atoms with van der Waals surface area (Å²) in [6.07, 6.45) is 5.04. The Balaban J connectivity index is 2.11. The van der Waals surface area contributed by atoms with Crippen LogP contribution in [0.15, 0.2) is 0 Å². The third kappa shape index (κ3) is 1.70. The zero-order valence-corrected chi connectivity index (χ0v) is 7.70. The smallest absolute Gasteiger partial charge is 0.306 e. The molecule has 2 fully saturated rings. The summed E-state index contributed by atoms with van der Waals surface area (Å²) in [5.74, 6) is -0.581. The average molecular weight is 184 g/mol. The number of aliphatic hydroxyl groups is 1. The van der Waals surface area contributed by atoms with E-state index in [0.717, 1.165) is 32.1 Å². The van der Waals surface area contributed by atoms with Crippen LogP contribution in [0.1, 0.15) is 38.5 Å². The molecule has 3 nitrogen and oxygen atoms in total. The summed E-state index contributed by atoms with van der Waals surface area (Å²) in [5, 5.41) is 19.0. The SMILES string of the molecule is O=C(O)C1CC2CCCC(O)(C2)C1. The van der Waals surface area contributed by atoms with Gasteiger partial charge in [-0.1, -0.05) is 12.8 Å². The molecular formula is C10H16O3. The topological polar surface area (TPSA) is 57.5 Å². The third-order valence-electron chi connectivity index (χ3n) is 3.52. The van der Waals surface area contributed by atoms with E-state index in [2.05, 4.69) is 0 Å². The lowest BCUT2D eigenvalue weighted by Crippen LogP contribution is -2.44. The second-order valence-electron chi connectivity index (χ2n) is 4.66. The molecule has 0 radical (unpaired) electrons. The van der Waals surface area contributed by atoms with E-state index in [1.54, 1.807) is 0 Å². The van der Waals surface area contributed by atoms with Gasteiger partial charge in [0.2, 0.25) is 0 Å². The lowest BCUT2D eigenvalue weighted by atomic mass is 9.65. The Morgan fingerprint density at radius 2 is 2.15 bits per heavy atom. The van der Waals surface area contributed by atoms with Crippen molar-refractivity contribution >= 4 is 5.97 Å². The van der Waals surface area contributed by atoms with Crippen LogP contribution in [0, 0.1) is 11.8 Å². The molecule has 2 N–H and O–H groups in total. The zero-order chi connectivity index (χ0) is 9.47. The van der Waals surface area contributed by atoms with E-state index in [-0.39, 0.29) is 5.92 Å². The van der Waals surface area contributed by atoms with Gasteiger partial charge in [0.1, 0.15) is 0 Å². The zero-order valence-electron chi connectivity index (χ0n) is 7.70. The van der Waals surface area contributed by atoms with Gasteiger partial charge < -0.3 is 10.2 Å². The molecule has 2 saturated carbocycles. The molecular weight excluding hydrogens is 168 g/mol. The fourth-order valence-electron chi connectivity index (χ4n) is 2.98. The predicted octanol–water partition coefficient (Wildman–Crippen LogP) is 1.40. The lowest BCUT2D eigenvalue weighted by Gasteiger charge is -2.43. The van der Waals surface area contributed by atoms with Crippen molar-refractivity contribution in [2.24, 2.45) is 11.8 Å². The Morgan fingerprint density at radius 1 is 1.38 bits per heavy atom. The van der Waals surface area contributed by atoms with E-state index in [9.17, 15) is 9.90 Å². The molecule has 2 bridgehead atoms. The van der Waals surface area contributed by atoms with Gasteiger partial charge in [0.25, 0.3) is 0 Å². The lowest BCUT2D eigenvalue weighted by molar-refractivity contribution is -0.150. The molecule has 0 aromatic rings. The van der Waals surface area contributed by atoms with E-state index < -0.39 is 11.6 Å². The van der Waals surface area contributed by atoms with E-state index in [4.69, 9.17) is 5.11 Å². The number of hydrogen-bond donors (Lipinski definition) is 2. The summed E-state index contributed by atoms with van der Waals surface area (Å²) >= 11 is 0. The minimum Gasteiger partial charge on any atom is -0.481 e. The van der Waals surface area contributed by atoms with Crippen molar-refractivity contribution in [2.45, 2.75) is 44.1 Å². The molecule has 74 valence electrons. The van der Waals surface area contributed by atoms with Gasteiger partial charge in [0, 0.05) is 0 Å². The molecule has 3 unspecified atom stereocenters. The molecule has 3 atom stereocenters. The normalized spacial score (nSPS) is 44.4. The molecule has 13 heavy (non-hydrogen) atoms. The van der Waals surface area contributed by atoms with Crippen LogP contribution in [-0.2, 0) is 4.79 Å². The van der Waals surface area contributed by atoms with Crippen molar-refractivity contribution in [3.8, 4) is 0 Å². The first-order valence-corrected chi connectivity index (χ1v) is 5.04. The van der Waals surface area contributed by atoms with Gasteiger partial charge in [0.05, 0.1) is 11.5 Å². The van der Waals surface area contributed by atoms with E-state index in [1.807, 2.05) is 0 Å². The van der Waals surface area contributed by atoms with Crippen LogP contribution in [0.2, 0.25) is 0 Å². The number of aliphatic carboxylic acids is 1. The van der Waals surface area contributed by atoms with Gasteiger partial charge in [-0.15, -0.1) is 0 Å². The number of carboxylic acids is 1. The summed E-state index contributed by atoms with van der Waals surface area (Å²) < 4.78 is 0. The van der Waals surface area contributed by atoms with Crippen LogP contribution in [0.5, 0.6) is 0 Å². The molecule has 0 amide bonds. The Hall–Kier alpha value is -0.570. The molecule has 0 saturated heterocycles. The number of carbonyl (C=O) groups is 1. The summed E-state index contributed by atoms with van der Waals surface area (Å²) in [7, 11) is 0. The number of rotatable bonds is 1. The van der Waals surface area contributed by atoms with E-state index in [0.29, 0.717) is 12.3 Å². The maximum absolute atomic E-state index is 10.8. The quantitative estimate of drug-likeness (QED) is 0.647. The van der Waals surface area contributed by atoms with Crippen molar-refractivity contribution < 1.29 is 15.0 Å². The van der Waals surface area contributed by atoms with Crippen molar-refractivity contribution in [3.63, 3.8) is 0 Å². The third-order valence-corrected chi connectivity index (χ3v) is 3.52. The van der Waals surface area contributed by atoms with Crippen molar-refractivity contribution in [2.75, 3.05) is 0 Å². The average Bonchev–Trinajstić information content (AvgIpc) is 2.01. The van der Waals surface area contributed by atoms with Crippen LogP contribution in [0.3, 0.4) is 0 Å². The number of carboxylic acid groups (broad SMARTS) is 1. The Kier molecular flexibility index (Phi) is 2.06. The molecule has 2 aliphatic carbocycles. The molecule has 0 heterocycles. The van der Waals surface area contributed by atoms with Crippen LogP contribution in [-0.4, -0.2) is 21.8 Å². The maximum atomic E-state index is 10.8. The summed E-state index contributed by atoms with van der Waals surface area (Å²) in [6, 6.07) is 0. The van der Waals surface area contributed by atoms with Crippen molar-refractivity contribution in [3.05, 3.63) is 0 Å². The van der Waals surface area contributed by atoms with Gasteiger partial charge in [0.15, 0.2) is 0 Å². The first-order chi connectivity index (χ1) is 6.09. The number of fused-ring (bicyclic) bond motifs is 2. The highest BCUT2D eigenvalue weighted by atomic mass is 16.4. The van der Waals surface area contributed by atoms with E-state index in [1.165, 1.54) is 0 Å². The second kappa shape index (κ2) is 2.98. The van der Waals surface area contributed by atoms with Crippen LogP contribution in [0.25, 0.3) is 0 Å². The molecule has 0 aromatic carbocycles. The van der Waals surface area contributed by atoms with Gasteiger partial charge in [-0.2, -0.15) is 0 Å². The monoisotopic (exact) mass is 184 g/mol. The fourth-order valence-corrected chi connectivity index (χ4v) is 2.98. The van der Waals surface area contributed by atoms with Gasteiger partial charge in [-0.3, -0.25) is 4.79 Å². The highest BCUT2D eigenvalue weighted by Crippen LogP contribution is 2.45. The summed E-state index contributed by atoms with van der Waals surface area (Å²) in [5.41, 5.74) is -0.649. The fraction of sp³-hybridized carbons (Fsp3) is 0.900. The molecule has 2 aliphatic rings. The van der Waals surface area contributed by atoms with Crippen LogP contribution in [0.4, 0.5) is 0 Å². The van der Waals surface area contributed by atoms with Crippen molar-refractivity contribution in [1.29, 1.82) is 0 Å². The van der Waals surface area contributed by atoms with Gasteiger partial charge >= 0.3 is 5.97 Å². The predicted molar refractivity (Wildman–Crippen MR) is 47.3 cm³/mol. The first kappa shape index (κ1) is 9.00. The Morgan fingerprint density at radius 3 is 2.77 bits per heavy atom. The summed E-state index contributed by atoms with van der Waals surface area (Å²) in [6.45, 7) is 0. The summed E-state index contributed by atoms with van der Waals surface area (Å²) in [4.78, 5) is 10.8. The minimum atomic E-state index is -0.731. The molecule has 3 heteroatoms. The standard InChI is InChI=1S/C10H16O3/c11-9(12)8-4-7-2-1-3-10(13,5-7)6-8/h7-8,13H,1-6H2,(H,11,12).